The third-order valence-electron chi connectivity index (χ3n) is 7.74. The molecule has 1 aliphatic rings. The lowest BCUT2D eigenvalue weighted by atomic mass is 10.0. The molecule has 1 unspecified atom stereocenters. The van der Waals surface area contributed by atoms with Crippen LogP contribution in [-0.2, 0) is 27.5 Å². The number of carbonyl (C=O) groups is 2. The van der Waals surface area contributed by atoms with Gasteiger partial charge in [0.25, 0.3) is 0 Å². The van der Waals surface area contributed by atoms with Crippen LogP contribution in [0.1, 0.15) is 29.5 Å². The van der Waals surface area contributed by atoms with Gasteiger partial charge in [0, 0.05) is 55.6 Å². The molecule has 5 rings (SSSR count). The van der Waals surface area contributed by atoms with Crippen LogP contribution in [0, 0.1) is 12.7 Å². The van der Waals surface area contributed by atoms with E-state index in [0.29, 0.717) is 31.1 Å². The van der Waals surface area contributed by atoms with E-state index in [1.807, 2.05) is 29.9 Å². The predicted molar refractivity (Wildman–Crippen MR) is 200 cm³/mol. The molecule has 1 atom stereocenters. The zero-order valence-electron chi connectivity index (χ0n) is 28.6. The van der Waals surface area contributed by atoms with Gasteiger partial charge in [-0.2, -0.15) is 0 Å². The molecule has 1 aliphatic heterocycles. The number of likely N-dealkylation sites (tertiary alicyclic amines) is 1. The third-order valence-corrected chi connectivity index (χ3v) is 9.77. The van der Waals surface area contributed by atoms with E-state index in [4.69, 9.17) is 9.53 Å². The summed E-state index contributed by atoms with van der Waals surface area (Å²) in [6, 6.07) is 17.2. The van der Waals surface area contributed by atoms with Crippen molar-refractivity contribution < 1.29 is 23.6 Å². The lowest BCUT2D eigenvalue weighted by molar-refractivity contribution is -0.118. The van der Waals surface area contributed by atoms with Gasteiger partial charge in [0.1, 0.15) is 5.82 Å². The summed E-state index contributed by atoms with van der Waals surface area (Å²) in [6.07, 6.45) is 4.98. The maximum atomic E-state index is 14.5. The van der Waals surface area contributed by atoms with Gasteiger partial charge in [-0.05, 0) is 79.1 Å². The fraction of sp³-hybridized carbons (Fsp3) is 0.314. The first-order valence-electron chi connectivity index (χ1n) is 15.5. The van der Waals surface area contributed by atoms with Gasteiger partial charge < -0.3 is 15.0 Å². The second kappa shape index (κ2) is 20.2. The van der Waals surface area contributed by atoms with Gasteiger partial charge in [-0.1, -0.05) is 30.8 Å². The molecule has 0 saturated carbocycles. The summed E-state index contributed by atoms with van der Waals surface area (Å²) >= 11 is 1.82. The summed E-state index contributed by atoms with van der Waals surface area (Å²) in [5.41, 5.74) is 7.75. The molecular weight excluding hydrogens is 664 g/mol. The minimum Gasteiger partial charge on any atom is -0.480 e. The molecule has 3 heterocycles. The van der Waals surface area contributed by atoms with Crippen LogP contribution in [-0.4, -0.2) is 69.3 Å². The van der Waals surface area contributed by atoms with Crippen molar-refractivity contribution in [3.05, 3.63) is 89.9 Å². The van der Waals surface area contributed by atoms with E-state index in [-0.39, 0.29) is 5.82 Å². The van der Waals surface area contributed by atoms with Crippen LogP contribution in [0.4, 0.5) is 20.9 Å². The molecule has 49 heavy (non-hydrogen) atoms. The number of halogens is 1. The minimum absolute atomic E-state index is 0.145. The number of ether oxygens (including phenoxy) is 1. The summed E-state index contributed by atoms with van der Waals surface area (Å²) in [4.78, 5) is 31.0. The van der Waals surface area contributed by atoms with E-state index in [2.05, 4.69) is 84.2 Å². The number of amides is 2. The van der Waals surface area contributed by atoms with Crippen LogP contribution in [0.25, 0.3) is 10.4 Å². The first kappa shape index (κ1) is 39.0. The second-order valence-electron chi connectivity index (χ2n) is 10.9. The van der Waals surface area contributed by atoms with E-state index in [1.54, 1.807) is 24.3 Å². The standard InChI is InChI=1S/C25H31FN3PS.C8H9N3O2.C2H5NO2/c1-17-20(16-29-13-4-5-14-29)24(18-9-11-19(27-2)12-10-18)31-25(17)28(3)15-21-22(26)7-6-8-23(21)30;1-3-11(6-12)7-4-5-8(13-2)10-9-7;1-5-3-2-4/h6-12,27H,4-5,13-16,30H2,1-3H3;3-6H,1H2,2H3;2H,1H3,(H,3,4). The maximum absolute atomic E-state index is 14.5. The molecule has 1 fully saturated rings. The molecule has 4 aromatic rings. The molecule has 2 aromatic carbocycles. The Bertz CT molecular complexity index is 1610. The van der Waals surface area contributed by atoms with Crippen molar-refractivity contribution in [1.82, 2.24) is 20.6 Å². The zero-order chi connectivity index (χ0) is 35.8. The Kier molecular flexibility index (Phi) is 16.1. The van der Waals surface area contributed by atoms with E-state index in [0.717, 1.165) is 23.1 Å². The summed E-state index contributed by atoms with van der Waals surface area (Å²) in [5, 5.41) is 12.8. The number of thiophene rings is 1. The van der Waals surface area contributed by atoms with Crippen LogP contribution in [0.2, 0.25) is 0 Å². The number of anilines is 3. The number of hydrogen-bond acceptors (Lipinski definition) is 10. The maximum Gasteiger partial charge on any atom is 0.233 e. The molecular formula is C35H45FN7O4PS. The predicted octanol–water partition coefficient (Wildman–Crippen LogP) is 5.52. The van der Waals surface area contributed by atoms with Gasteiger partial charge in [-0.25, -0.2) is 9.87 Å². The average molecular weight is 710 g/mol. The van der Waals surface area contributed by atoms with E-state index >= 15 is 0 Å². The summed E-state index contributed by atoms with van der Waals surface area (Å²) in [5.74, 6) is 0.665. The Balaban J connectivity index is 0.000000298. The zero-order valence-corrected chi connectivity index (χ0v) is 30.6. The number of aromatic nitrogens is 2. The van der Waals surface area contributed by atoms with Crippen molar-refractivity contribution in [3.63, 3.8) is 0 Å². The summed E-state index contributed by atoms with van der Waals surface area (Å²) in [6.45, 7) is 9.54. The molecule has 0 bridgehead atoms. The molecule has 0 radical (unpaired) electrons. The molecule has 11 nitrogen and oxygen atoms in total. The molecule has 0 spiro atoms. The summed E-state index contributed by atoms with van der Waals surface area (Å²) < 4.78 is 19.3. The average Bonchev–Trinajstić information content (AvgIpc) is 3.76. The number of rotatable bonds is 13. The first-order chi connectivity index (χ1) is 23.7. The van der Waals surface area contributed by atoms with Gasteiger partial charge in [0.05, 0.1) is 19.2 Å². The van der Waals surface area contributed by atoms with Gasteiger partial charge in [0.2, 0.25) is 18.7 Å². The number of carbonyl (C=O) groups excluding carboxylic acids is 2. The number of nitrogens with zero attached hydrogens (tertiary/aromatic N) is 5. The van der Waals surface area contributed by atoms with Crippen LogP contribution in [0.5, 0.6) is 5.88 Å². The molecule has 1 saturated heterocycles. The molecule has 2 amide bonds. The highest BCUT2D eigenvalue weighted by Crippen LogP contribution is 2.43. The van der Waals surface area contributed by atoms with E-state index in [1.165, 1.54) is 77.8 Å². The lowest BCUT2D eigenvalue weighted by Gasteiger charge is -2.21. The number of hydrogen-bond donors (Lipinski definition) is 2. The largest absolute Gasteiger partial charge is 0.480 e. The SMILES string of the molecule is C=CN(C=O)c1ccc(OC)nn1.CNc1ccc(-c2sc(N(C)Cc3c(F)cccc3P)c(C)c2CN2CCCC2)cc1.CONC=O. The number of benzene rings is 2. The molecule has 0 aliphatic carbocycles. The highest BCUT2D eigenvalue weighted by molar-refractivity contribution is 7.27. The molecule has 14 heteroatoms. The Morgan fingerprint density at radius 1 is 1.06 bits per heavy atom. The topological polar surface area (TPSA) is 112 Å². The minimum atomic E-state index is -0.145. The Labute approximate surface area is 294 Å². The van der Waals surface area contributed by atoms with Crippen molar-refractivity contribution in [2.24, 2.45) is 0 Å². The molecule has 262 valence electrons. The number of hydroxylamine groups is 1. The Morgan fingerprint density at radius 2 is 1.78 bits per heavy atom. The van der Waals surface area contributed by atoms with Crippen molar-refractivity contribution >= 4 is 55.2 Å². The quantitative estimate of drug-likeness (QED) is 0.105. The Hall–Kier alpha value is -4.42. The second-order valence-corrected chi connectivity index (χ2v) is 12.5. The highest BCUT2D eigenvalue weighted by Gasteiger charge is 2.23. The van der Waals surface area contributed by atoms with Gasteiger partial charge in [-0.3, -0.25) is 24.2 Å². The van der Waals surface area contributed by atoms with E-state index in [9.17, 15) is 9.18 Å². The fourth-order valence-electron chi connectivity index (χ4n) is 5.12. The normalized spacial score (nSPS) is 12.1. The van der Waals surface area contributed by atoms with Crippen molar-refractivity contribution in [1.29, 1.82) is 0 Å². The van der Waals surface area contributed by atoms with Gasteiger partial charge >= 0.3 is 0 Å². The first-order valence-corrected chi connectivity index (χ1v) is 16.9. The number of nitrogens with one attached hydrogen (secondary N) is 2. The fourth-order valence-corrected chi connectivity index (χ4v) is 6.75. The van der Waals surface area contributed by atoms with Crippen LogP contribution >= 0.6 is 20.6 Å². The van der Waals surface area contributed by atoms with Crippen molar-refractivity contribution in [2.45, 2.75) is 32.9 Å². The van der Waals surface area contributed by atoms with E-state index < -0.39 is 0 Å². The van der Waals surface area contributed by atoms with Crippen LogP contribution in [0.15, 0.2) is 67.4 Å². The Morgan fingerprint density at radius 3 is 2.29 bits per heavy atom. The summed E-state index contributed by atoms with van der Waals surface area (Å²) in [7, 11) is 9.55. The third kappa shape index (κ3) is 11.0. The van der Waals surface area contributed by atoms with Crippen molar-refractivity contribution in [2.75, 3.05) is 56.5 Å². The number of methoxy groups -OCH3 is 1. The van der Waals surface area contributed by atoms with Gasteiger partial charge in [0.15, 0.2) is 5.82 Å². The van der Waals surface area contributed by atoms with Crippen LogP contribution < -0.4 is 30.6 Å². The lowest BCUT2D eigenvalue weighted by Crippen LogP contribution is -2.21. The molecule has 2 N–H and O–H groups in total. The van der Waals surface area contributed by atoms with Gasteiger partial charge in [-0.15, -0.1) is 30.8 Å². The van der Waals surface area contributed by atoms with Crippen LogP contribution in [0.3, 0.4) is 0 Å². The molecule has 2 aromatic heterocycles. The smallest absolute Gasteiger partial charge is 0.233 e. The highest BCUT2D eigenvalue weighted by atomic mass is 32.1. The monoisotopic (exact) mass is 709 g/mol. The van der Waals surface area contributed by atoms with Crippen molar-refractivity contribution in [3.8, 4) is 16.3 Å².